The van der Waals surface area contributed by atoms with Crippen LogP contribution in [0.2, 0.25) is 5.02 Å². The van der Waals surface area contributed by atoms with Crippen LogP contribution in [0.3, 0.4) is 0 Å². The standard InChI is InChI=1S/C18H18ClNOS2/c19-15-6-3-14(4-7-15)5-8-18(21)20-10-9-17(23-13-11-20)16-2-1-12-22-16/h1-8,12,17H,9-11,13H2/b8-5+. The summed E-state index contributed by atoms with van der Waals surface area (Å²) in [6.45, 7) is 1.63. The van der Waals surface area contributed by atoms with Gasteiger partial charge >= 0.3 is 0 Å². The maximum absolute atomic E-state index is 12.4. The van der Waals surface area contributed by atoms with Crippen molar-refractivity contribution < 1.29 is 4.79 Å². The van der Waals surface area contributed by atoms with Crippen LogP contribution in [-0.2, 0) is 4.79 Å². The Morgan fingerprint density at radius 2 is 2.04 bits per heavy atom. The van der Waals surface area contributed by atoms with Gasteiger partial charge < -0.3 is 4.90 Å². The van der Waals surface area contributed by atoms with Crippen molar-refractivity contribution in [2.24, 2.45) is 0 Å². The molecule has 1 saturated heterocycles. The van der Waals surface area contributed by atoms with E-state index in [4.69, 9.17) is 11.6 Å². The average molecular weight is 364 g/mol. The van der Waals surface area contributed by atoms with Gasteiger partial charge in [-0.15, -0.1) is 11.3 Å². The van der Waals surface area contributed by atoms with Crippen LogP contribution >= 0.6 is 34.7 Å². The van der Waals surface area contributed by atoms with Crippen molar-refractivity contribution in [3.05, 3.63) is 63.3 Å². The first kappa shape index (κ1) is 16.6. The van der Waals surface area contributed by atoms with Crippen molar-refractivity contribution in [1.82, 2.24) is 4.90 Å². The molecule has 1 unspecified atom stereocenters. The molecule has 0 spiro atoms. The quantitative estimate of drug-likeness (QED) is 0.705. The molecule has 1 aromatic carbocycles. The normalized spacial score (nSPS) is 19.0. The number of rotatable bonds is 3. The first-order chi connectivity index (χ1) is 11.2. The van der Waals surface area contributed by atoms with E-state index in [0.717, 1.165) is 30.8 Å². The number of thioether (sulfide) groups is 1. The fraction of sp³-hybridized carbons (Fsp3) is 0.278. The van der Waals surface area contributed by atoms with E-state index in [-0.39, 0.29) is 5.91 Å². The molecule has 5 heteroatoms. The number of carbonyl (C=O) groups is 1. The molecule has 2 heterocycles. The number of halogens is 1. The van der Waals surface area contributed by atoms with E-state index in [1.165, 1.54) is 4.88 Å². The van der Waals surface area contributed by atoms with Crippen LogP contribution in [0.4, 0.5) is 0 Å². The molecule has 0 saturated carbocycles. The van der Waals surface area contributed by atoms with E-state index in [2.05, 4.69) is 17.5 Å². The molecule has 0 radical (unpaired) electrons. The van der Waals surface area contributed by atoms with Gasteiger partial charge in [-0.2, -0.15) is 11.8 Å². The van der Waals surface area contributed by atoms with Crippen molar-refractivity contribution in [2.45, 2.75) is 11.7 Å². The lowest BCUT2D eigenvalue weighted by Crippen LogP contribution is -2.31. The van der Waals surface area contributed by atoms with E-state index in [9.17, 15) is 4.79 Å². The van der Waals surface area contributed by atoms with Gasteiger partial charge in [-0.25, -0.2) is 0 Å². The van der Waals surface area contributed by atoms with Gasteiger partial charge in [-0.05, 0) is 41.6 Å². The van der Waals surface area contributed by atoms with Gasteiger partial charge in [0.2, 0.25) is 5.91 Å². The smallest absolute Gasteiger partial charge is 0.246 e. The van der Waals surface area contributed by atoms with Crippen molar-refractivity contribution in [1.29, 1.82) is 0 Å². The molecule has 1 aliphatic rings. The molecule has 2 aromatic rings. The van der Waals surface area contributed by atoms with Gasteiger partial charge in [0.05, 0.1) is 0 Å². The second kappa shape index (κ2) is 8.04. The van der Waals surface area contributed by atoms with Crippen molar-refractivity contribution in [2.75, 3.05) is 18.8 Å². The van der Waals surface area contributed by atoms with Crippen LogP contribution in [0.25, 0.3) is 6.08 Å². The molecule has 1 fully saturated rings. The third kappa shape index (κ3) is 4.63. The molecule has 1 aliphatic heterocycles. The van der Waals surface area contributed by atoms with Crippen LogP contribution in [0, 0.1) is 0 Å². The molecule has 1 aromatic heterocycles. The number of benzene rings is 1. The largest absolute Gasteiger partial charge is 0.338 e. The van der Waals surface area contributed by atoms with Gasteiger partial charge in [0, 0.05) is 40.1 Å². The molecule has 23 heavy (non-hydrogen) atoms. The van der Waals surface area contributed by atoms with E-state index >= 15 is 0 Å². The Bertz CT molecular complexity index is 667. The summed E-state index contributed by atoms with van der Waals surface area (Å²) in [5, 5.41) is 3.35. The highest BCUT2D eigenvalue weighted by molar-refractivity contribution is 7.99. The van der Waals surface area contributed by atoms with Gasteiger partial charge in [0.25, 0.3) is 0 Å². The van der Waals surface area contributed by atoms with Gasteiger partial charge in [-0.3, -0.25) is 4.79 Å². The molecule has 0 bridgehead atoms. The lowest BCUT2D eigenvalue weighted by molar-refractivity contribution is -0.125. The monoisotopic (exact) mass is 363 g/mol. The molecule has 1 atom stereocenters. The number of hydrogen-bond donors (Lipinski definition) is 0. The first-order valence-corrected chi connectivity index (χ1v) is 9.90. The van der Waals surface area contributed by atoms with E-state index in [1.807, 2.05) is 58.3 Å². The number of carbonyl (C=O) groups excluding carboxylic acids is 1. The SMILES string of the molecule is O=C(/C=C/c1ccc(Cl)cc1)N1CCSC(c2cccs2)CC1. The minimum Gasteiger partial charge on any atom is -0.338 e. The van der Waals surface area contributed by atoms with Crippen molar-refractivity contribution in [3.63, 3.8) is 0 Å². The Morgan fingerprint density at radius 1 is 1.22 bits per heavy atom. The van der Waals surface area contributed by atoms with Crippen LogP contribution in [0.1, 0.15) is 22.1 Å². The summed E-state index contributed by atoms with van der Waals surface area (Å²) in [5.74, 6) is 1.08. The van der Waals surface area contributed by atoms with E-state index in [1.54, 1.807) is 6.08 Å². The van der Waals surface area contributed by atoms with E-state index < -0.39 is 0 Å². The van der Waals surface area contributed by atoms with E-state index in [0.29, 0.717) is 10.3 Å². The van der Waals surface area contributed by atoms with Crippen LogP contribution in [0.5, 0.6) is 0 Å². The minimum atomic E-state index is 0.0902. The number of amides is 1. The fourth-order valence-corrected chi connectivity index (χ4v) is 4.90. The number of nitrogens with zero attached hydrogens (tertiary/aromatic N) is 1. The van der Waals surface area contributed by atoms with Crippen LogP contribution < -0.4 is 0 Å². The predicted octanol–water partition coefficient (Wildman–Crippen LogP) is 5.12. The minimum absolute atomic E-state index is 0.0902. The van der Waals surface area contributed by atoms with Crippen LogP contribution in [-0.4, -0.2) is 29.6 Å². The highest BCUT2D eigenvalue weighted by atomic mass is 35.5. The maximum Gasteiger partial charge on any atom is 0.246 e. The zero-order valence-corrected chi connectivity index (χ0v) is 15.0. The Kier molecular flexibility index (Phi) is 5.81. The van der Waals surface area contributed by atoms with Gasteiger partial charge in [0.15, 0.2) is 0 Å². The highest BCUT2D eigenvalue weighted by Crippen LogP contribution is 2.36. The molecular formula is C18H18ClNOS2. The summed E-state index contributed by atoms with van der Waals surface area (Å²) in [5.41, 5.74) is 0.989. The first-order valence-electron chi connectivity index (χ1n) is 7.60. The number of hydrogen-bond acceptors (Lipinski definition) is 3. The molecule has 3 rings (SSSR count). The Labute approximate surface area is 150 Å². The van der Waals surface area contributed by atoms with Crippen molar-refractivity contribution in [3.8, 4) is 0 Å². The second-order valence-electron chi connectivity index (χ2n) is 5.37. The molecule has 120 valence electrons. The molecule has 0 N–H and O–H groups in total. The molecule has 0 aliphatic carbocycles. The lowest BCUT2D eigenvalue weighted by atomic mass is 10.2. The third-order valence-electron chi connectivity index (χ3n) is 3.80. The zero-order chi connectivity index (χ0) is 16.1. The Morgan fingerprint density at radius 3 is 2.78 bits per heavy atom. The molecular weight excluding hydrogens is 346 g/mol. The molecule has 1 amide bonds. The Balaban J connectivity index is 1.58. The average Bonchev–Trinajstić information content (AvgIpc) is 2.98. The third-order valence-corrected chi connectivity index (χ3v) is 6.50. The summed E-state index contributed by atoms with van der Waals surface area (Å²) >= 11 is 9.63. The topological polar surface area (TPSA) is 20.3 Å². The second-order valence-corrected chi connectivity index (χ2v) is 8.10. The lowest BCUT2D eigenvalue weighted by Gasteiger charge is -2.18. The molecule has 2 nitrogen and oxygen atoms in total. The summed E-state index contributed by atoms with van der Waals surface area (Å²) in [6, 6.07) is 11.8. The van der Waals surface area contributed by atoms with Gasteiger partial charge in [-0.1, -0.05) is 29.8 Å². The zero-order valence-electron chi connectivity index (χ0n) is 12.7. The summed E-state index contributed by atoms with van der Waals surface area (Å²) in [7, 11) is 0. The van der Waals surface area contributed by atoms with Crippen molar-refractivity contribution >= 4 is 46.7 Å². The van der Waals surface area contributed by atoms with Crippen LogP contribution in [0.15, 0.2) is 47.9 Å². The maximum atomic E-state index is 12.4. The predicted molar refractivity (Wildman–Crippen MR) is 101 cm³/mol. The Hall–Kier alpha value is -1.23. The highest BCUT2D eigenvalue weighted by Gasteiger charge is 2.21. The summed E-state index contributed by atoms with van der Waals surface area (Å²) in [4.78, 5) is 15.8. The summed E-state index contributed by atoms with van der Waals surface area (Å²) in [6.07, 6.45) is 4.54. The van der Waals surface area contributed by atoms with Gasteiger partial charge in [0.1, 0.15) is 0 Å². The summed E-state index contributed by atoms with van der Waals surface area (Å²) < 4.78 is 0. The number of thiophene rings is 1. The fourth-order valence-electron chi connectivity index (χ4n) is 2.54.